The fraction of sp³-hybridized carbons (Fsp3) is 0.400. The van der Waals surface area contributed by atoms with E-state index in [1.54, 1.807) is 0 Å². The lowest BCUT2D eigenvalue weighted by atomic mass is 9.89. The van der Waals surface area contributed by atoms with Crippen molar-refractivity contribution in [3.63, 3.8) is 0 Å². The van der Waals surface area contributed by atoms with E-state index in [-0.39, 0.29) is 0 Å². The second kappa shape index (κ2) is 3.73. The Hall–Kier alpha value is -1.57. The summed E-state index contributed by atoms with van der Waals surface area (Å²) in [5.41, 5.74) is 10.9. The van der Waals surface area contributed by atoms with Crippen LogP contribution in [0.1, 0.15) is 37.4 Å². The zero-order chi connectivity index (χ0) is 12.0. The highest BCUT2D eigenvalue weighted by Gasteiger charge is 2.29. The van der Waals surface area contributed by atoms with E-state index in [4.69, 9.17) is 10.7 Å². The van der Waals surface area contributed by atoms with Crippen molar-refractivity contribution < 1.29 is 0 Å². The van der Waals surface area contributed by atoms with Gasteiger partial charge in [-0.15, -0.1) is 0 Å². The molecule has 1 atom stereocenters. The molecule has 88 valence electrons. The molecule has 1 aliphatic carbocycles. The number of hydrogen-bond donors (Lipinski definition) is 1. The van der Waals surface area contributed by atoms with E-state index in [0.717, 1.165) is 23.0 Å². The summed E-state index contributed by atoms with van der Waals surface area (Å²) < 4.78 is 0. The van der Waals surface area contributed by atoms with Gasteiger partial charge in [-0.25, -0.2) is 0 Å². The molecule has 2 heteroatoms. The number of hydrogen-bond acceptors (Lipinski definition) is 2. The Balaban J connectivity index is 2.29. The second-order valence-electron chi connectivity index (χ2n) is 5.29. The highest BCUT2D eigenvalue weighted by Crippen LogP contribution is 2.42. The van der Waals surface area contributed by atoms with Gasteiger partial charge in [-0.2, -0.15) is 0 Å². The predicted molar refractivity (Wildman–Crippen MR) is 72.1 cm³/mol. The zero-order valence-corrected chi connectivity index (χ0v) is 10.4. The lowest BCUT2D eigenvalue weighted by molar-refractivity contribution is 0.497. The highest BCUT2D eigenvalue weighted by molar-refractivity contribution is 5.92. The molecule has 0 saturated heterocycles. The van der Waals surface area contributed by atoms with Crippen LogP contribution in [0, 0.1) is 5.92 Å². The van der Waals surface area contributed by atoms with Gasteiger partial charge in [0.2, 0.25) is 0 Å². The lowest BCUT2D eigenvalue weighted by Crippen LogP contribution is -2.06. The summed E-state index contributed by atoms with van der Waals surface area (Å²) in [6.07, 6.45) is 2.27. The molecule has 0 radical (unpaired) electrons. The summed E-state index contributed by atoms with van der Waals surface area (Å²) in [5.74, 6) is 1.23. The first-order valence-corrected chi connectivity index (χ1v) is 6.35. The normalized spacial score (nSPS) is 18.9. The van der Waals surface area contributed by atoms with Crippen molar-refractivity contribution in [2.24, 2.45) is 5.92 Å². The molecule has 1 aromatic carbocycles. The van der Waals surface area contributed by atoms with Crippen LogP contribution in [0.5, 0.6) is 0 Å². The van der Waals surface area contributed by atoms with Crippen LogP contribution in [-0.4, -0.2) is 4.98 Å². The van der Waals surface area contributed by atoms with Gasteiger partial charge >= 0.3 is 0 Å². The quantitative estimate of drug-likeness (QED) is 0.808. The fourth-order valence-corrected chi connectivity index (χ4v) is 3.01. The van der Waals surface area contributed by atoms with Gasteiger partial charge in [-0.05, 0) is 30.7 Å². The molecule has 17 heavy (non-hydrogen) atoms. The third-order valence-corrected chi connectivity index (χ3v) is 3.92. The van der Waals surface area contributed by atoms with Crippen LogP contribution in [0.2, 0.25) is 0 Å². The van der Waals surface area contributed by atoms with Crippen LogP contribution in [0.4, 0.5) is 5.69 Å². The molecular weight excluding hydrogens is 208 g/mol. The molecule has 0 amide bonds. The van der Waals surface area contributed by atoms with Gasteiger partial charge < -0.3 is 5.73 Å². The smallest absolute Gasteiger partial charge is 0.0726 e. The maximum absolute atomic E-state index is 6.36. The highest BCUT2D eigenvalue weighted by atomic mass is 14.8. The Kier molecular flexibility index (Phi) is 2.32. The first kappa shape index (κ1) is 10.6. The summed E-state index contributed by atoms with van der Waals surface area (Å²) >= 11 is 0. The van der Waals surface area contributed by atoms with Crippen LogP contribution in [0.3, 0.4) is 0 Å². The number of aromatic nitrogens is 1. The maximum Gasteiger partial charge on any atom is 0.0726 e. The number of nitrogens with zero attached hydrogens (tertiary/aromatic N) is 1. The minimum absolute atomic E-state index is 0.585. The van der Waals surface area contributed by atoms with Crippen LogP contribution < -0.4 is 5.73 Å². The number of pyridine rings is 1. The molecule has 2 aromatic rings. The molecule has 0 saturated carbocycles. The molecule has 2 nitrogen and oxygen atoms in total. The predicted octanol–water partition coefficient (Wildman–Crippen LogP) is 3.50. The summed E-state index contributed by atoms with van der Waals surface area (Å²) in [4.78, 5) is 4.77. The maximum atomic E-state index is 6.36. The van der Waals surface area contributed by atoms with Gasteiger partial charge in [0, 0.05) is 22.3 Å². The summed E-state index contributed by atoms with van der Waals surface area (Å²) in [5, 5.41) is 1.11. The Labute approximate surface area is 102 Å². The molecule has 1 aromatic heterocycles. The molecule has 1 aliphatic rings. The first-order chi connectivity index (χ1) is 8.18. The molecule has 0 aliphatic heterocycles. The SMILES string of the molecule is CC(C)[C@H]1CCc2nc3ccccc3c(N)c21. The zero-order valence-electron chi connectivity index (χ0n) is 10.4. The summed E-state index contributed by atoms with van der Waals surface area (Å²) in [6, 6.07) is 8.18. The van der Waals surface area contributed by atoms with Gasteiger partial charge in [0.05, 0.1) is 5.52 Å². The number of fused-ring (bicyclic) bond motifs is 2. The van der Waals surface area contributed by atoms with Gasteiger partial charge in [-0.1, -0.05) is 32.0 Å². The topological polar surface area (TPSA) is 38.9 Å². The van der Waals surface area contributed by atoms with Crippen molar-refractivity contribution in [2.45, 2.75) is 32.6 Å². The average molecular weight is 226 g/mol. The lowest BCUT2D eigenvalue weighted by Gasteiger charge is -2.18. The Morgan fingerprint density at radius 1 is 1.29 bits per heavy atom. The monoisotopic (exact) mass is 226 g/mol. The molecule has 0 fully saturated rings. The molecule has 0 bridgehead atoms. The molecule has 0 spiro atoms. The molecule has 1 heterocycles. The number of nitrogens with two attached hydrogens (primary N) is 1. The second-order valence-corrected chi connectivity index (χ2v) is 5.29. The third-order valence-electron chi connectivity index (χ3n) is 3.92. The first-order valence-electron chi connectivity index (χ1n) is 6.35. The number of aryl methyl sites for hydroxylation is 1. The van der Waals surface area contributed by atoms with Gasteiger partial charge in [0.15, 0.2) is 0 Å². The van der Waals surface area contributed by atoms with Crippen LogP contribution in [0.25, 0.3) is 10.9 Å². The molecule has 0 unspecified atom stereocenters. The third kappa shape index (κ3) is 1.51. The van der Waals surface area contributed by atoms with E-state index in [2.05, 4.69) is 26.0 Å². The fourth-order valence-electron chi connectivity index (χ4n) is 3.01. The van der Waals surface area contributed by atoms with Crippen molar-refractivity contribution in [1.82, 2.24) is 4.98 Å². The number of anilines is 1. The van der Waals surface area contributed by atoms with E-state index in [1.807, 2.05) is 12.1 Å². The Morgan fingerprint density at radius 3 is 2.82 bits per heavy atom. The van der Waals surface area contributed by atoms with Crippen molar-refractivity contribution in [1.29, 1.82) is 0 Å². The van der Waals surface area contributed by atoms with Crippen molar-refractivity contribution >= 4 is 16.6 Å². The Bertz CT molecular complexity index is 572. The largest absolute Gasteiger partial charge is 0.398 e. The van der Waals surface area contributed by atoms with Crippen LogP contribution >= 0.6 is 0 Å². The number of rotatable bonds is 1. The van der Waals surface area contributed by atoms with Crippen LogP contribution in [-0.2, 0) is 6.42 Å². The van der Waals surface area contributed by atoms with Crippen LogP contribution in [0.15, 0.2) is 24.3 Å². The number of para-hydroxylation sites is 1. The van der Waals surface area contributed by atoms with Gasteiger partial charge in [-0.3, -0.25) is 4.98 Å². The van der Waals surface area contributed by atoms with Crippen molar-refractivity contribution in [3.05, 3.63) is 35.5 Å². The molecular formula is C15H18N2. The molecule has 3 rings (SSSR count). The standard InChI is InChI=1S/C15H18N2/c1-9(2)10-7-8-13-14(10)15(16)11-5-3-4-6-12(11)17-13/h3-6,9-10H,7-8H2,1-2H3,(H2,16,17)/t10-/m1/s1. The van der Waals surface area contributed by atoms with E-state index < -0.39 is 0 Å². The minimum Gasteiger partial charge on any atom is -0.398 e. The number of benzene rings is 1. The number of nitrogen functional groups attached to an aromatic ring is 1. The van der Waals surface area contributed by atoms with Crippen molar-refractivity contribution in [2.75, 3.05) is 5.73 Å². The minimum atomic E-state index is 0.585. The van der Waals surface area contributed by atoms with Crippen molar-refractivity contribution in [3.8, 4) is 0 Å². The van der Waals surface area contributed by atoms with E-state index in [9.17, 15) is 0 Å². The van der Waals surface area contributed by atoms with E-state index >= 15 is 0 Å². The summed E-state index contributed by atoms with van der Waals surface area (Å²) in [6.45, 7) is 4.54. The Morgan fingerprint density at radius 2 is 2.06 bits per heavy atom. The summed E-state index contributed by atoms with van der Waals surface area (Å²) in [7, 11) is 0. The van der Waals surface area contributed by atoms with E-state index in [0.29, 0.717) is 11.8 Å². The molecule has 2 N–H and O–H groups in total. The van der Waals surface area contributed by atoms with E-state index in [1.165, 1.54) is 17.7 Å². The van der Waals surface area contributed by atoms with Gasteiger partial charge in [0.25, 0.3) is 0 Å². The van der Waals surface area contributed by atoms with Gasteiger partial charge in [0.1, 0.15) is 0 Å². The average Bonchev–Trinajstić information content (AvgIpc) is 2.73.